The summed E-state index contributed by atoms with van der Waals surface area (Å²) in [5.41, 5.74) is -0.818. The number of pyridine rings is 1. The fraction of sp³-hybridized carbons (Fsp3) is 0.310. The maximum Gasteiger partial charge on any atom is 0.357 e. The smallest absolute Gasteiger partial charge is 0.357 e. The summed E-state index contributed by atoms with van der Waals surface area (Å²) in [6.45, 7) is 10.5. The maximum absolute atomic E-state index is 15.2. The van der Waals surface area contributed by atoms with E-state index in [4.69, 9.17) is 21.3 Å². The number of piperazine rings is 1. The second-order valence-electron chi connectivity index (χ2n) is 11.1. The Hall–Kier alpha value is -4.58. The zero-order chi connectivity index (χ0) is 29.9. The van der Waals surface area contributed by atoms with Crippen molar-refractivity contribution in [2.45, 2.75) is 32.2 Å². The normalized spacial score (nSPS) is 16.5. The Balaban J connectivity index is 1.70. The first-order valence-corrected chi connectivity index (χ1v) is 13.6. The van der Waals surface area contributed by atoms with E-state index in [1.165, 1.54) is 35.2 Å². The first-order valence-electron chi connectivity index (χ1n) is 13.3. The molecule has 1 fully saturated rings. The number of carbonyl (C=O) groups excluding carboxylic acids is 1. The molecule has 2 aliphatic rings. The lowest BCUT2D eigenvalue weighted by Crippen LogP contribution is -2.56. The summed E-state index contributed by atoms with van der Waals surface area (Å²) in [6, 6.07) is 3.47. The van der Waals surface area contributed by atoms with Crippen LogP contribution in [0.4, 0.5) is 10.2 Å². The van der Waals surface area contributed by atoms with Gasteiger partial charge < -0.3 is 19.6 Å². The van der Waals surface area contributed by atoms with Crippen molar-refractivity contribution in [3.63, 3.8) is 0 Å². The van der Waals surface area contributed by atoms with Crippen LogP contribution in [0.25, 0.3) is 28.1 Å². The third kappa shape index (κ3) is 4.33. The van der Waals surface area contributed by atoms with Gasteiger partial charge >= 0.3 is 5.69 Å². The topological polar surface area (TPSA) is 127 Å². The lowest BCUT2D eigenvalue weighted by atomic mass is 9.88. The van der Waals surface area contributed by atoms with Crippen molar-refractivity contribution >= 4 is 34.4 Å². The highest BCUT2D eigenvalue weighted by atomic mass is 35.5. The zero-order valence-corrected chi connectivity index (χ0v) is 23.9. The second kappa shape index (κ2) is 10.1. The third-order valence-electron chi connectivity index (χ3n) is 7.50. The number of amides is 1. The molecule has 0 spiro atoms. The Kier molecular flexibility index (Phi) is 6.60. The molecule has 0 radical (unpaired) electrons. The molecule has 1 atom stereocenters. The summed E-state index contributed by atoms with van der Waals surface area (Å²) >= 11 is 6.88. The number of hydrogen-bond donors (Lipinski definition) is 1. The highest BCUT2D eigenvalue weighted by Gasteiger charge is 2.38. The van der Waals surface area contributed by atoms with Crippen molar-refractivity contribution in [3.8, 4) is 28.6 Å². The molecule has 4 aromatic rings. The van der Waals surface area contributed by atoms with Gasteiger partial charge in [0.2, 0.25) is 5.91 Å². The SMILES string of the molecule is C=CC(=O)N1CCN2c3nc(=O)n(-c4ncncc4C(C)(C)C)c4nc(-c5c(O)cccc5F)c(Cl)c(c34)OC[C@H]2C1. The first kappa shape index (κ1) is 27.6. The minimum atomic E-state index is -0.763. The number of hydrogen-bond acceptors (Lipinski definition) is 9. The van der Waals surface area contributed by atoms with Gasteiger partial charge in [-0.05, 0) is 23.6 Å². The molecule has 13 heteroatoms. The standard InChI is InChI=1S/C29H27ClFN7O4/c1-5-19(40)36-9-10-37-15(12-36)13-42-24-21-26(37)35-28(41)38(25-16(29(2,3)4)11-32-14-33-25)27(21)34-23(22(24)30)20-17(31)7-6-8-18(20)39/h5-8,11,14-15,39H,1,9-10,12-13H2,2-4H3/t15-/m1/s1. The van der Waals surface area contributed by atoms with Crippen LogP contribution in [0.2, 0.25) is 5.02 Å². The molecule has 11 nitrogen and oxygen atoms in total. The highest BCUT2D eigenvalue weighted by molar-refractivity contribution is 6.36. The molecule has 0 saturated carbocycles. The molecule has 5 heterocycles. The van der Waals surface area contributed by atoms with Crippen LogP contribution in [-0.4, -0.2) is 72.7 Å². The van der Waals surface area contributed by atoms with Gasteiger partial charge in [0.25, 0.3) is 0 Å². The van der Waals surface area contributed by atoms with Gasteiger partial charge in [0.1, 0.15) is 52.2 Å². The van der Waals surface area contributed by atoms with Crippen LogP contribution in [0, 0.1) is 5.82 Å². The number of benzene rings is 1. The predicted octanol–water partition coefficient (Wildman–Crippen LogP) is 3.63. The maximum atomic E-state index is 15.2. The average molecular weight is 592 g/mol. The van der Waals surface area contributed by atoms with Gasteiger partial charge in [0, 0.05) is 31.4 Å². The molecule has 6 rings (SSSR count). The lowest BCUT2D eigenvalue weighted by molar-refractivity contribution is -0.126. The van der Waals surface area contributed by atoms with E-state index in [0.717, 1.165) is 0 Å². The predicted molar refractivity (Wildman–Crippen MR) is 155 cm³/mol. The molecule has 0 aliphatic carbocycles. The fourth-order valence-corrected chi connectivity index (χ4v) is 5.73. The van der Waals surface area contributed by atoms with Crippen LogP contribution in [0.1, 0.15) is 26.3 Å². The van der Waals surface area contributed by atoms with Gasteiger partial charge in [-0.3, -0.25) is 4.79 Å². The Bertz CT molecular complexity index is 1820. The molecular weight excluding hydrogens is 565 g/mol. The van der Waals surface area contributed by atoms with E-state index in [1.807, 2.05) is 25.7 Å². The Morgan fingerprint density at radius 2 is 2.02 bits per heavy atom. The van der Waals surface area contributed by atoms with Gasteiger partial charge in [0.15, 0.2) is 11.4 Å². The molecule has 2 aliphatic heterocycles. The van der Waals surface area contributed by atoms with Crippen LogP contribution in [0.15, 0.2) is 48.2 Å². The zero-order valence-electron chi connectivity index (χ0n) is 23.1. The van der Waals surface area contributed by atoms with E-state index in [9.17, 15) is 14.7 Å². The number of aromatic nitrogens is 5. The number of halogens is 2. The van der Waals surface area contributed by atoms with Crippen LogP contribution in [-0.2, 0) is 10.2 Å². The second-order valence-corrected chi connectivity index (χ2v) is 11.5. The number of phenolic OH excluding ortho intramolecular Hbond substituents is 1. The van der Waals surface area contributed by atoms with Gasteiger partial charge in [-0.2, -0.15) is 4.98 Å². The molecule has 3 aromatic heterocycles. The van der Waals surface area contributed by atoms with E-state index in [0.29, 0.717) is 24.0 Å². The van der Waals surface area contributed by atoms with Crippen LogP contribution in [0.3, 0.4) is 0 Å². The number of anilines is 1. The largest absolute Gasteiger partial charge is 0.507 e. The molecule has 216 valence electrons. The number of aromatic hydroxyl groups is 1. The minimum absolute atomic E-state index is 0.0613. The average Bonchev–Trinajstić information content (AvgIpc) is 3.11. The van der Waals surface area contributed by atoms with Gasteiger partial charge in [-0.25, -0.2) is 28.7 Å². The van der Waals surface area contributed by atoms with Gasteiger partial charge in [-0.1, -0.05) is 45.0 Å². The Labute approximate surface area is 244 Å². The summed E-state index contributed by atoms with van der Waals surface area (Å²) in [5.74, 6) is -0.728. The third-order valence-corrected chi connectivity index (χ3v) is 7.86. The molecule has 1 aromatic carbocycles. The molecule has 42 heavy (non-hydrogen) atoms. The van der Waals surface area contributed by atoms with Crippen LogP contribution < -0.4 is 15.3 Å². The number of nitrogens with zero attached hydrogens (tertiary/aromatic N) is 7. The minimum Gasteiger partial charge on any atom is -0.507 e. The highest BCUT2D eigenvalue weighted by Crippen LogP contribution is 2.47. The monoisotopic (exact) mass is 591 g/mol. The quantitative estimate of drug-likeness (QED) is 0.355. The summed E-state index contributed by atoms with van der Waals surface area (Å²) in [6.07, 6.45) is 4.19. The molecule has 1 amide bonds. The van der Waals surface area contributed by atoms with Gasteiger partial charge in [-0.15, -0.1) is 0 Å². The summed E-state index contributed by atoms with van der Waals surface area (Å²) in [4.78, 5) is 47.7. The molecule has 0 unspecified atom stereocenters. The van der Waals surface area contributed by atoms with E-state index >= 15 is 4.39 Å². The number of rotatable bonds is 3. The number of fused-ring (bicyclic) bond motifs is 2. The number of phenols is 1. The van der Waals surface area contributed by atoms with E-state index in [-0.39, 0.29) is 70.2 Å². The van der Waals surface area contributed by atoms with Crippen LogP contribution >= 0.6 is 11.6 Å². The van der Waals surface area contributed by atoms with E-state index in [2.05, 4.69) is 21.5 Å². The van der Waals surface area contributed by atoms with Crippen molar-refractivity contribution in [3.05, 3.63) is 70.3 Å². The van der Waals surface area contributed by atoms with Gasteiger partial charge in [0.05, 0.1) is 11.6 Å². The number of ether oxygens (including phenoxy) is 1. The van der Waals surface area contributed by atoms with Crippen molar-refractivity contribution in [2.24, 2.45) is 0 Å². The van der Waals surface area contributed by atoms with Crippen LogP contribution in [0.5, 0.6) is 11.5 Å². The van der Waals surface area contributed by atoms with Crippen molar-refractivity contribution in [1.82, 2.24) is 29.4 Å². The molecule has 1 N–H and O–H groups in total. The summed E-state index contributed by atoms with van der Waals surface area (Å²) in [7, 11) is 0. The molecule has 1 saturated heterocycles. The fourth-order valence-electron chi connectivity index (χ4n) is 5.44. The lowest BCUT2D eigenvalue weighted by Gasteiger charge is -2.40. The van der Waals surface area contributed by atoms with Crippen molar-refractivity contribution in [2.75, 3.05) is 31.1 Å². The van der Waals surface area contributed by atoms with E-state index in [1.54, 1.807) is 11.1 Å². The Morgan fingerprint density at radius 1 is 1.24 bits per heavy atom. The Morgan fingerprint density at radius 3 is 2.74 bits per heavy atom. The van der Waals surface area contributed by atoms with Crippen molar-refractivity contribution in [1.29, 1.82) is 0 Å². The number of carbonyl (C=O) groups is 1. The van der Waals surface area contributed by atoms with E-state index < -0.39 is 16.9 Å². The molecule has 0 bridgehead atoms. The molecular formula is C29H27ClFN7O4. The van der Waals surface area contributed by atoms with Crippen molar-refractivity contribution < 1.29 is 19.0 Å². The summed E-state index contributed by atoms with van der Waals surface area (Å²) < 4.78 is 22.7. The first-order chi connectivity index (χ1) is 20.0. The summed E-state index contributed by atoms with van der Waals surface area (Å²) in [5, 5.41) is 10.9.